The standard InChI is InChI=1S/C28H24F3N3O/c1-2-19-13-15-20(16-14-19)26-25-12-7-17-33(25)24-11-6-3-8-21(24)18-34(26)27(35)32-23-10-5-4-9-22(23)28(29,30)31/h3-17,26H,2,18H2,1H3,(H,32,35)/t26-/m1/s1. The van der Waals surface area contributed by atoms with Crippen molar-refractivity contribution >= 4 is 11.7 Å². The van der Waals surface area contributed by atoms with E-state index >= 15 is 0 Å². The summed E-state index contributed by atoms with van der Waals surface area (Å²) < 4.78 is 42.9. The number of alkyl halides is 3. The second-order valence-electron chi connectivity index (χ2n) is 8.53. The Kier molecular flexibility index (Phi) is 5.84. The Bertz CT molecular complexity index is 1360. The second-order valence-corrected chi connectivity index (χ2v) is 8.53. The van der Waals surface area contributed by atoms with Crippen LogP contribution in [0.5, 0.6) is 0 Å². The molecular weight excluding hydrogens is 451 g/mol. The van der Waals surface area contributed by atoms with Crippen LogP contribution in [0.15, 0.2) is 91.1 Å². The fourth-order valence-electron chi connectivity index (χ4n) is 4.65. The van der Waals surface area contributed by atoms with Crippen molar-refractivity contribution in [1.29, 1.82) is 0 Å². The van der Waals surface area contributed by atoms with E-state index in [1.165, 1.54) is 18.2 Å². The van der Waals surface area contributed by atoms with Gasteiger partial charge >= 0.3 is 12.2 Å². The van der Waals surface area contributed by atoms with Crippen molar-refractivity contribution in [2.24, 2.45) is 0 Å². The Balaban J connectivity index is 1.62. The molecule has 7 heteroatoms. The van der Waals surface area contributed by atoms with Crippen molar-refractivity contribution in [1.82, 2.24) is 9.47 Å². The number of carbonyl (C=O) groups excluding carboxylic acids is 1. The van der Waals surface area contributed by atoms with Crippen LogP contribution in [0.3, 0.4) is 0 Å². The van der Waals surface area contributed by atoms with Gasteiger partial charge in [0.1, 0.15) is 0 Å². The number of halogens is 3. The summed E-state index contributed by atoms with van der Waals surface area (Å²) in [4.78, 5) is 15.3. The lowest BCUT2D eigenvalue weighted by Gasteiger charge is -2.31. The molecule has 0 aliphatic carbocycles. The molecule has 0 unspecified atom stereocenters. The smallest absolute Gasteiger partial charge is 0.318 e. The third-order valence-electron chi connectivity index (χ3n) is 6.40. The van der Waals surface area contributed by atoms with E-state index in [9.17, 15) is 18.0 Å². The molecule has 2 heterocycles. The largest absolute Gasteiger partial charge is 0.418 e. The number of anilines is 1. The number of nitrogens with zero attached hydrogens (tertiary/aromatic N) is 2. The minimum absolute atomic E-state index is 0.234. The maximum Gasteiger partial charge on any atom is 0.418 e. The third kappa shape index (κ3) is 4.30. The first kappa shape index (κ1) is 22.8. The predicted molar refractivity (Wildman–Crippen MR) is 129 cm³/mol. The molecule has 35 heavy (non-hydrogen) atoms. The Hall–Kier alpha value is -4.00. The molecule has 4 aromatic rings. The van der Waals surface area contributed by atoms with Gasteiger partial charge in [-0.2, -0.15) is 13.2 Å². The van der Waals surface area contributed by atoms with E-state index in [0.29, 0.717) is 0 Å². The number of rotatable bonds is 3. The fourth-order valence-corrected chi connectivity index (χ4v) is 4.65. The summed E-state index contributed by atoms with van der Waals surface area (Å²) in [5.74, 6) is 0. The molecule has 1 atom stereocenters. The van der Waals surface area contributed by atoms with Crippen molar-refractivity contribution in [3.05, 3.63) is 119 Å². The zero-order valence-corrected chi connectivity index (χ0v) is 19.1. The number of fused-ring (bicyclic) bond motifs is 3. The zero-order chi connectivity index (χ0) is 24.6. The van der Waals surface area contributed by atoms with E-state index < -0.39 is 23.8 Å². The number of aryl methyl sites for hydroxylation is 1. The van der Waals surface area contributed by atoms with Crippen LogP contribution in [0.1, 0.15) is 40.9 Å². The van der Waals surface area contributed by atoms with E-state index in [-0.39, 0.29) is 12.2 Å². The number of nitrogens with one attached hydrogen (secondary N) is 1. The van der Waals surface area contributed by atoms with Crippen LogP contribution in [-0.2, 0) is 19.1 Å². The first-order valence-corrected chi connectivity index (χ1v) is 11.4. The topological polar surface area (TPSA) is 37.3 Å². The van der Waals surface area contributed by atoms with Crippen LogP contribution in [-0.4, -0.2) is 15.5 Å². The zero-order valence-electron chi connectivity index (χ0n) is 19.1. The first-order valence-electron chi connectivity index (χ1n) is 11.4. The Labute approximate surface area is 201 Å². The number of para-hydroxylation sites is 2. The fraction of sp³-hybridized carbons (Fsp3) is 0.179. The van der Waals surface area contributed by atoms with Gasteiger partial charge in [-0.05, 0) is 53.4 Å². The third-order valence-corrected chi connectivity index (χ3v) is 6.40. The van der Waals surface area contributed by atoms with Gasteiger partial charge in [0.15, 0.2) is 0 Å². The van der Waals surface area contributed by atoms with Gasteiger partial charge in [-0.1, -0.05) is 61.5 Å². The molecule has 0 spiro atoms. The molecule has 178 valence electrons. The quantitative estimate of drug-likeness (QED) is 0.334. The average Bonchev–Trinajstić information content (AvgIpc) is 3.28. The maximum absolute atomic E-state index is 13.7. The van der Waals surface area contributed by atoms with Gasteiger partial charge in [0.05, 0.1) is 29.5 Å². The molecule has 1 aromatic heterocycles. The molecular formula is C28H24F3N3O. The molecule has 1 aliphatic heterocycles. The Morgan fingerprint density at radius 2 is 1.66 bits per heavy atom. The SMILES string of the molecule is CCc1ccc([C@@H]2c3cccn3-c3ccccc3CN2C(=O)Nc2ccccc2C(F)(F)F)cc1. The second kappa shape index (κ2) is 8.98. The van der Waals surface area contributed by atoms with Gasteiger partial charge in [-0.25, -0.2) is 4.79 Å². The summed E-state index contributed by atoms with van der Waals surface area (Å²) >= 11 is 0. The van der Waals surface area contributed by atoms with E-state index in [2.05, 4.69) is 12.2 Å². The van der Waals surface area contributed by atoms with Crippen LogP contribution in [0.25, 0.3) is 5.69 Å². The van der Waals surface area contributed by atoms with Crippen LogP contribution in [0.2, 0.25) is 0 Å². The van der Waals surface area contributed by atoms with Gasteiger partial charge in [0.2, 0.25) is 0 Å². The van der Waals surface area contributed by atoms with Crippen molar-refractivity contribution in [2.75, 3.05) is 5.32 Å². The summed E-state index contributed by atoms with van der Waals surface area (Å²) in [5.41, 5.74) is 3.60. The summed E-state index contributed by atoms with van der Waals surface area (Å²) in [7, 11) is 0. The summed E-state index contributed by atoms with van der Waals surface area (Å²) in [6, 6.07) is 23.6. The number of hydrogen-bond donors (Lipinski definition) is 1. The Morgan fingerprint density at radius 1 is 0.943 bits per heavy atom. The van der Waals surface area contributed by atoms with Crippen molar-refractivity contribution < 1.29 is 18.0 Å². The number of amides is 2. The normalized spacial score (nSPS) is 15.2. The molecule has 0 fully saturated rings. The highest BCUT2D eigenvalue weighted by Gasteiger charge is 2.36. The van der Waals surface area contributed by atoms with Gasteiger partial charge < -0.3 is 14.8 Å². The first-order chi connectivity index (χ1) is 16.9. The van der Waals surface area contributed by atoms with Gasteiger partial charge in [-0.15, -0.1) is 0 Å². The van der Waals surface area contributed by atoms with E-state index in [1.807, 2.05) is 71.4 Å². The number of carbonyl (C=O) groups is 1. The van der Waals surface area contributed by atoms with Crippen LogP contribution in [0, 0.1) is 0 Å². The van der Waals surface area contributed by atoms with Crippen molar-refractivity contribution in [2.45, 2.75) is 32.1 Å². The molecule has 4 nitrogen and oxygen atoms in total. The molecule has 0 saturated heterocycles. The molecule has 3 aromatic carbocycles. The van der Waals surface area contributed by atoms with E-state index in [0.717, 1.165) is 40.6 Å². The number of aromatic nitrogens is 1. The maximum atomic E-state index is 13.7. The highest BCUT2D eigenvalue weighted by atomic mass is 19.4. The molecule has 0 radical (unpaired) electrons. The lowest BCUT2D eigenvalue weighted by atomic mass is 10.00. The summed E-state index contributed by atoms with van der Waals surface area (Å²) in [5, 5.41) is 2.55. The number of hydrogen-bond acceptors (Lipinski definition) is 1. The summed E-state index contributed by atoms with van der Waals surface area (Å²) in [6.07, 6.45) is -1.76. The van der Waals surface area contributed by atoms with Crippen molar-refractivity contribution in [3.63, 3.8) is 0 Å². The van der Waals surface area contributed by atoms with Gasteiger partial charge in [0, 0.05) is 11.9 Å². The van der Waals surface area contributed by atoms with Crippen LogP contribution >= 0.6 is 0 Å². The predicted octanol–water partition coefficient (Wildman–Crippen LogP) is 7.20. The Morgan fingerprint density at radius 3 is 2.40 bits per heavy atom. The minimum atomic E-state index is -4.58. The lowest BCUT2D eigenvalue weighted by molar-refractivity contribution is -0.136. The molecule has 0 saturated carbocycles. The highest BCUT2D eigenvalue weighted by molar-refractivity contribution is 5.91. The summed E-state index contributed by atoms with van der Waals surface area (Å²) in [6.45, 7) is 2.30. The molecule has 0 bridgehead atoms. The lowest BCUT2D eigenvalue weighted by Crippen LogP contribution is -2.38. The number of benzene rings is 3. The highest BCUT2D eigenvalue weighted by Crippen LogP contribution is 2.38. The van der Waals surface area contributed by atoms with E-state index in [1.54, 1.807) is 4.90 Å². The average molecular weight is 476 g/mol. The van der Waals surface area contributed by atoms with Crippen LogP contribution < -0.4 is 5.32 Å². The van der Waals surface area contributed by atoms with Crippen molar-refractivity contribution in [3.8, 4) is 5.69 Å². The van der Waals surface area contributed by atoms with E-state index in [4.69, 9.17) is 0 Å². The monoisotopic (exact) mass is 475 g/mol. The number of urea groups is 1. The van der Waals surface area contributed by atoms with Gasteiger partial charge in [0.25, 0.3) is 0 Å². The van der Waals surface area contributed by atoms with Crippen LogP contribution in [0.4, 0.5) is 23.7 Å². The molecule has 1 aliphatic rings. The molecule has 5 rings (SSSR count). The minimum Gasteiger partial charge on any atom is -0.318 e. The van der Waals surface area contributed by atoms with Gasteiger partial charge in [-0.3, -0.25) is 0 Å². The molecule has 2 amide bonds. The molecule has 1 N–H and O–H groups in total.